The summed E-state index contributed by atoms with van der Waals surface area (Å²) in [6, 6.07) is 3.69. The highest BCUT2D eigenvalue weighted by Gasteiger charge is 2.18. The number of nitrogens with zero attached hydrogens (tertiary/aromatic N) is 3. The minimum absolute atomic E-state index is 0.000629. The molecule has 0 fully saturated rings. The number of hydrogen-bond donors (Lipinski definition) is 1. The van der Waals surface area contributed by atoms with Crippen LogP contribution in [0.15, 0.2) is 24.7 Å². The predicted molar refractivity (Wildman–Crippen MR) is 96.7 cm³/mol. The smallest absolute Gasteiger partial charge is 0.308 e. The molecule has 0 saturated carbocycles. The van der Waals surface area contributed by atoms with E-state index in [9.17, 15) is 4.79 Å². The summed E-state index contributed by atoms with van der Waals surface area (Å²) in [5.74, 6) is 0.744. The Balaban J connectivity index is 2.03. The molecule has 0 aliphatic heterocycles. The zero-order valence-corrected chi connectivity index (χ0v) is 15.2. The van der Waals surface area contributed by atoms with Crippen LogP contribution in [0.25, 0.3) is 10.2 Å². The number of anilines is 2. The van der Waals surface area contributed by atoms with Gasteiger partial charge in [-0.15, -0.1) is 0 Å². The fourth-order valence-electron chi connectivity index (χ4n) is 2.30. The molecule has 130 valence electrons. The normalized spacial score (nSPS) is 10.9. The first kappa shape index (κ1) is 17.1. The molecule has 25 heavy (non-hydrogen) atoms. The summed E-state index contributed by atoms with van der Waals surface area (Å²) in [6.45, 7) is 7.13. The van der Waals surface area contributed by atoms with Gasteiger partial charge in [-0.2, -0.15) is 0 Å². The lowest BCUT2D eigenvalue weighted by atomic mass is 10.2. The summed E-state index contributed by atoms with van der Waals surface area (Å²) < 4.78 is 11.0. The van der Waals surface area contributed by atoms with Crippen molar-refractivity contribution in [1.82, 2.24) is 15.0 Å². The van der Waals surface area contributed by atoms with E-state index in [4.69, 9.17) is 9.47 Å². The number of esters is 1. The number of hydrogen-bond acceptors (Lipinski definition) is 8. The Morgan fingerprint density at radius 2 is 2.08 bits per heavy atom. The molecule has 0 aliphatic rings. The molecule has 3 heterocycles. The maximum Gasteiger partial charge on any atom is 0.308 e. The monoisotopic (exact) mass is 358 g/mol. The molecule has 3 aromatic heterocycles. The number of aryl methyl sites for hydroxylation is 1. The minimum atomic E-state index is -0.364. The third kappa shape index (κ3) is 3.69. The lowest BCUT2D eigenvalue weighted by Gasteiger charge is -2.14. The molecule has 3 aromatic rings. The fraction of sp³-hybridized carbons (Fsp3) is 0.294. The van der Waals surface area contributed by atoms with E-state index in [0.717, 1.165) is 15.8 Å². The largest absolute Gasteiger partial charge is 0.473 e. The van der Waals surface area contributed by atoms with E-state index in [1.807, 2.05) is 32.9 Å². The first-order chi connectivity index (χ1) is 12.0. The zero-order chi connectivity index (χ0) is 18.0. The van der Waals surface area contributed by atoms with Gasteiger partial charge in [0.25, 0.3) is 0 Å². The van der Waals surface area contributed by atoms with Crippen LogP contribution in [0.5, 0.6) is 10.9 Å². The number of rotatable bonds is 5. The van der Waals surface area contributed by atoms with Crippen LogP contribution in [-0.2, 0) is 4.79 Å². The van der Waals surface area contributed by atoms with Gasteiger partial charge in [0, 0.05) is 18.7 Å². The highest BCUT2D eigenvalue weighted by atomic mass is 32.1. The van der Waals surface area contributed by atoms with E-state index in [1.54, 1.807) is 6.20 Å². The summed E-state index contributed by atoms with van der Waals surface area (Å²) in [5, 5.41) is 4.59. The molecule has 0 unspecified atom stereocenters. The Morgan fingerprint density at radius 1 is 1.28 bits per heavy atom. The third-order valence-corrected chi connectivity index (χ3v) is 4.37. The van der Waals surface area contributed by atoms with E-state index in [2.05, 4.69) is 20.3 Å². The van der Waals surface area contributed by atoms with Crippen LogP contribution in [0.3, 0.4) is 0 Å². The van der Waals surface area contributed by atoms with E-state index in [1.165, 1.54) is 24.6 Å². The second kappa shape index (κ2) is 7.02. The van der Waals surface area contributed by atoms with E-state index < -0.39 is 0 Å². The van der Waals surface area contributed by atoms with Crippen molar-refractivity contribution in [3.05, 3.63) is 30.2 Å². The van der Waals surface area contributed by atoms with Crippen LogP contribution in [0.4, 0.5) is 11.5 Å². The van der Waals surface area contributed by atoms with Gasteiger partial charge < -0.3 is 14.8 Å². The maximum absolute atomic E-state index is 11.3. The average molecular weight is 358 g/mol. The molecule has 1 N–H and O–H groups in total. The van der Waals surface area contributed by atoms with Gasteiger partial charge >= 0.3 is 5.97 Å². The van der Waals surface area contributed by atoms with E-state index in [-0.39, 0.29) is 12.1 Å². The molecular weight excluding hydrogens is 340 g/mol. The number of thiophene rings is 1. The zero-order valence-electron chi connectivity index (χ0n) is 14.4. The molecular formula is C17H18N4O3S. The van der Waals surface area contributed by atoms with Crippen LogP contribution in [0.2, 0.25) is 0 Å². The van der Waals surface area contributed by atoms with Crippen LogP contribution < -0.4 is 14.8 Å². The SMILES string of the molecule is CC(=O)Oc1sc2ncnc(Nc3cccnc3OC(C)C)c2c1C. The standard InChI is InChI=1S/C17H18N4O3S/c1-9(2)23-15-12(6-5-7-18-15)21-14-13-10(3)17(24-11(4)22)25-16(13)20-8-19-14/h5-9H,1-4H3,(H,19,20,21). The van der Waals surface area contributed by atoms with Gasteiger partial charge in [0.1, 0.15) is 22.7 Å². The van der Waals surface area contributed by atoms with Gasteiger partial charge in [0.15, 0.2) is 5.06 Å². The Kier molecular flexibility index (Phi) is 4.80. The highest BCUT2D eigenvalue weighted by molar-refractivity contribution is 7.20. The Hall–Kier alpha value is -2.74. The number of pyridine rings is 1. The van der Waals surface area contributed by atoms with Gasteiger partial charge in [0.05, 0.1) is 11.5 Å². The molecule has 0 atom stereocenters. The topological polar surface area (TPSA) is 86.2 Å². The van der Waals surface area contributed by atoms with Crippen molar-refractivity contribution in [1.29, 1.82) is 0 Å². The fourth-order valence-corrected chi connectivity index (χ4v) is 3.35. The second-order valence-corrected chi connectivity index (χ2v) is 6.62. The van der Waals surface area contributed by atoms with Crippen molar-refractivity contribution >= 4 is 39.0 Å². The molecule has 0 spiro atoms. The van der Waals surface area contributed by atoms with Crippen molar-refractivity contribution in [2.75, 3.05) is 5.32 Å². The Labute approximate surface area is 149 Å². The minimum Gasteiger partial charge on any atom is -0.473 e. The predicted octanol–water partition coefficient (Wildman–Crippen LogP) is 3.85. The van der Waals surface area contributed by atoms with Gasteiger partial charge in [-0.25, -0.2) is 15.0 Å². The summed E-state index contributed by atoms with van der Waals surface area (Å²) in [5.41, 5.74) is 1.52. The molecule has 0 radical (unpaired) electrons. The first-order valence-corrected chi connectivity index (χ1v) is 8.58. The summed E-state index contributed by atoms with van der Waals surface area (Å²) in [6.07, 6.45) is 3.14. The summed E-state index contributed by atoms with van der Waals surface area (Å²) in [4.78, 5) is 24.9. The summed E-state index contributed by atoms with van der Waals surface area (Å²) in [7, 11) is 0. The highest BCUT2D eigenvalue weighted by Crippen LogP contribution is 2.40. The molecule has 0 saturated heterocycles. The Morgan fingerprint density at radius 3 is 2.80 bits per heavy atom. The van der Waals surface area contributed by atoms with Crippen molar-refractivity contribution in [3.8, 4) is 10.9 Å². The van der Waals surface area contributed by atoms with E-state index in [0.29, 0.717) is 22.4 Å². The molecule has 0 amide bonds. The lowest BCUT2D eigenvalue weighted by Crippen LogP contribution is -2.09. The van der Waals surface area contributed by atoms with Crippen LogP contribution in [-0.4, -0.2) is 27.0 Å². The van der Waals surface area contributed by atoms with Crippen molar-refractivity contribution < 1.29 is 14.3 Å². The van der Waals surface area contributed by atoms with Crippen molar-refractivity contribution in [2.24, 2.45) is 0 Å². The second-order valence-electron chi connectivity index (χ2n) is 5.66. The van der Waals surface area contributed by atoms with Gasteiger partial charge in [-0.1, -0.05) is 11.3 Å². The molecule has 3 rings (SSSR count). The number of aromatic nitrogens is 3. The van der Waals surface area contributed by atoms with Crippen LogP contribution in [0, 0.1) is 6.92 Å². The molecule has 0 aromatic carbocycles. The lowest BCUT2D eigenvalue weighted by molar-refractivity contribution is -0.131. The van der Waals surface area contributed by atoms with Crippen LogP contribution in [0.1, 0.15) is 26.3 Å². The quantitative estimate of drug-likeness (QED) is 0.693. The van der Waals surface area contributed by atoms with Crippen LogP contribution >= 0.6 is 11.3 Å². The van der Waals surface area contributed by atoms with Gasteiger partial charge in [-0.3, -0.25) is 4.79 Å². The Bertz CT molecular complexity index is 923. The third-order valence-electron chi connectivity index (χ3n) is 3.29. The average Bonchev–Trinajstić information content (AvgIpc) is 2.85. The number of ether oxygens (including phenoxy) is 2. The first-order valence-electron chi connectivity index (χ1n) is 7.77. The molecule has 0 aliphatic carbocycles. The molecule has 7 nitrogen and oxygen atoms in total. The maximum atomic E-state index is 11.3. The number of nitrogens with one attached hydrogen (secondary N) is 1. The number of carbonyl (C=O) groups is 1. The van der Waals surface area contributed by atoms with E-state index >= 15 is 0 Å². The van der Waals surface area contributed by atoms with Gasteiger partial charge in [0.2, 0.25) is 5.88 Å². The number of carbonyl (C=O) groups excluding carboxylic acids is 1. The van der Waals surface area contributed by atoms with Crippen molar-refractivity contribution in [3.63, 3.8) is 0 Å². The molecule has 0 bridgehead atoms. The van der Waals surface area contributed by atoms with Gasteiger partial charge in [-0.05, 0) is 32.9 Å². The summed E-state index contributed by atoms with van der Waals surface area (Å²) >= 11 is 1.31. The van der Waals surface area contributed by atoms with Crippen molar-refractivity contribution in [2.45, 2.75) is 33.8 Å². The number of fused-ring (bicyclic) bond motifs is 1. The molecule has 8 heteroatoms.